The Morgan fingerprint density at radius 3 is 2.55 bits per heavy atom. The van der Waals surface area contributed by atoms with E-state index in [0.29, 0.717) is 13.0 Å². The molecular weight excluding hydrogens is 248 g/mol. The van der Waals surface area contributed by atoms with Gasteiger partial charge in [0.15, 0.2) is 0 Å². The Balaban J connectivity index is 1.81. The first-order chi connectivity index (χ1) is 9.79. The fraction of sp³-hybridized carbons (Fsp3) is 0.471. The number of carbonyl (C=O) groups excluding carboxylic acids is 1. The summed E-state index contributed by atoms with van der Waals surface area (Å²) in [5.41, 5.74) is 2.53. The van der Waals surface area contributed by atoms with Crippen LogP contribution in [0.1, 0.15) is 31.2 Å². The molecule has 1 fully saturated rings. The van der Waals surface area contributed by atoms with Crippen molar-refractivity contribution in [1.82, 2.24) is 5.32 Å². The second-order valence-corrected chi connectivity index (χ2v) is 5.31. The van der Waals surface area contributed by atoms with Gasteiger partial charge < -0.3 is 10.2 Å². The number of benzene rings is 1. The zero-order valence-corrected chi connectivity index (χ0v) is 12.1. The molecule has 0 aliphatic carbocycles. The van der Waals surface area contributed by atoms with E-state index in [1.807, 2.05) is 0 Å². The molecule has 0 radical (unpaired) electrons. The molecule has 3 heteroatoms. The van der Waals surface area contributed by atoms with Gasteiger partial charge in [-0.1, -0.05) is 18.2 Å². The maximum absolute atomic E-state index is 11.5. The molecule has 1 saturated heterocycles. The number of amides is 1. The Kier molecular flexibility index (Phi) is 5.66. The fourth-order valence-electron chi connectivity index (χ4n) is 2.56. The van der Waals surface area contributed by atoms with Gasteiger partial charge in [0.1, 0.15) is 0 Å². The average molecular weight is 272 g/mol. The van der Waals surface area contributed by atoms with Gasteiger partial charge >= 0.3 is 0 Å². The minimum absolute atomic E-state index is 0.0880. The lowest BCUT2D eigenvalue weighted by atomic mass is 10.1. The number of hydrogen-bond donors (Lipinski definition) is 1. The van der Waals surface area contributed by atoms with Crippen molar-refractivity contribution in [3.63, 3.8) is 0 Å². The quantitative estimate of drug-likeness (QED) is 0.808. The van der Waals surface area contributed by atoms with Crippen LogP contribution in [-0.4, -0.2) is 25.5 Å². The molecule has 0 aromatic heterocycles. The second kappa shape index (κ2) is 7.73. The van der Waals surface area contributed by atoms with Crippen LogP contribution in [0.4, 0.5) is 5.69 Å². The van der Waals surface area contributed by atoms with Crippen LogP contribution in [0.15, 0.2) is 36.9 Å². The van der Waals surface area contributed by atoms with Crippen molar-refractivity contribution in [3.05, 3.63) is 42.5 Å². The molecule has 20 heavy (non-hydrogen) atoms. The predicted octanol–water partition coefficient (Wildman–Crippen LogP) is 2.91. The monoisotopic (exact) mass is 272 g/mol. The van der Waals surface area contributed by atoms with Crippen LogP contribution in [0.2, 0.25) is 0 Å². The number of piperidine rings is 1. The molecule has 108 valence electrons. The summed E-state index contributed by atoms with van der Waals surface area (Å²) in [6.07, 6.45) is 6.98. The van der Waals surface area contributed by atoms with Crippen LogP contribution in [0.3, 0.4) is 0 Å². The molecule has 2 rings (SSSR count). The van der Waals surface area contributed by atoms with Gasteiger partial charge in [-0.2, -0.15) is 0 Å². The average Bonchev–Trinajstić information content (AvgIpc) is 2.52. The Morgan fingerprint density at radius 1 is 1.20 bits per heavy atom. The summed E-state index contributed by atoms with van der Waals surface area (Å²) in [6, 6.07) is 8.65. The number of anilines is 1. The lowest BCUT2D eigenvalue weighted by Crippen LogP contribution is -2.29. The van der Waals surface area contributed by atoms with Gasteiger partial charge in [-0.15, -0.1) is 6.58 Å². The normalized spacial score (nSPS) is 14.9. The largest absolute Gasteiger partial charge is 0.372 e. The maximum atomic E-state index is 11.5. The number of nitrogens with zero attached hydrogens (tertiary/aromatic N) is 1. The Bertz CT molecular complexity index is 433. The second-order valence-electron chi connectivity index (χ2n) is 5.31. The maximum Gasteiger partial charge on any atom is 0.220 e. The summed E-state index contributed by atoms with van der Waals surface area (Å²) in [6.45, 7) is 6.47. The summed E-state index contributed by atoms with van der Waals surface area (Å²) >= 11 is 0. The van der Waals surface area contributed by atoms with Crippen molar-refractivity contribution in [2.75, 3.05) is 24.5 Å². The van der Waals surface area contributed by atoms with E-state index in [9.17, 15) is 4.79 Å². The highest BCUT2D eigenvalue weighted by molar-refractivity contribution is 5.76. The van der Waals surface area contributed by atoms with Crippen LogP contribution in [0.5, 0.6) is 0 Å². The molecule has 0 atom stereocenters. The Hall–Kier alpha value is -1.77. The minimum atomic E-state index is 0.0880. The number of hydrogen-bond acceptors (Lipinski definition) is 2. The lowest BCUT2D eigenvalue weighted by Gasteiger charge is -2.28. The Morgan fingerprint density at radius 2 is 1.90 bits per heavy atom. The third-order valence-corrected chi connectivity index (χ3v) is 3.74. The SMILES string of the molecule is C=CCNC(=O)CCc1ccc(N2CCCCC2)cc1. The summed E-state index contributed by atoms with van der Waals surface area (Å²) in [5.74, 6) is 0.0880. The predicted molar refractivity (Wildman–Crippen MR) is 84.0 cm³/mol. The molecule has 1 heterocycles. The van der Waals surface area contributed by atoms with Gasteiger partial charge in [0, 0.05) is 31.7 Å². The molecular formula is C17H24N2O. The van der Waals surface area contributed by atoms with E-state index >= 15 is 0 Å². The third kappa shape index (κ3) is 4.41. The number of aryl methyl sites for hydroxylation is 1. The van der Waals surface area contributed by atoms with Crippen molar-refractivity contribution in [2.24, 2.45) is 0 Å². The van der Waals surface area contributed by atoms with E-state index in [-0.39, 0.29) is 5.91 Å². The van der Waals surface area contributed by atoms with E-state index in [0.717, 1.165) is 6.42 Å². The standard InChI is InChI=1S/C17H24N2O/c1-2-12-18-17(20)11-8-15-6-9-16(10-7-15)19-13-4-3-5-14-19/h2,6-7,9-10H,1,3-5,8,11-14H2,(H,18,20). The van der Waals surface area contributed by atoms with E-state index in [4.69, 9.17) is 0 Å². The highest BCUT2D eigenvalue weighted by Crippen LogP contribution is 2.20. The van der Waals surface area contributed by atoms with Crippen molar-refractivity contribution in [2.45, 2.75) is 32.1 Å². The molecule has 1 aliphatic heterocycles. The smallest absolute Gasteiger partial charge is 0.220 e. The topological polar surface area (TPSA) is 32.3 Å². The van der Waals surface area contributed by atoms with Gasteiger partial charge in [-0.25, -0.2) is 0 Å². The number of rotatable bonds is 6. The van der Waals surface area contributed by atoms with Gasteiger partial charge in [0.2, 0.25) is 5.91 Å². The van der Waals surface area contributed by atoms with Crippen molar-refractivity contribution >= 4 is 11.6 Å². The van der Waals surface area contributed by atoms with Crippen molar-refractivity contribution in [1.29, 1.82) is 0 Å². The van der Waals surface area contributed by atoms with Crippen LogP contribution < -0.4 is 10.2 Å². The van der Waals surface area contributed by atoms with E-state index in [1.165, 1.54) is 43.6 Å². The first kappa shape index (κ1) is 14.6. The third-order valence-electron chi connectivity index (χ3n) is 3.74. The van der Waals surface area contributed by atoms with E-state index in [1.54, 1.807) is 6.08 Å². The van der Waals surface area contributed by atoms with E-state index < -0.39 is 0 Å². The summed E-state index contributed by atoms with van der Waals surface area (Å²) in [4.78, 5) is 14.0. The molecule has 0 unspecified atom stereocenters. The zero-order valence-electron chi connectivity index (χ0n) is 12.1. The van der Waals surface area contributed by atoms with Gasteiger partial charge in [0.05, 0.1) is 0 Å². The molecule has 3 nitrogen and oxygen atoms in total. The first-order valence-corrected chi connectivity index (χ1v) is 7.51. The highest BCUT2D eigenvalue weighted by atomic mass is 16.1. The fourth-order valence-corrected chi connectivity index (χ4v) is 2.56. The van der Waals surface area contributed by atoms with Crippen LogP contribution >= 0.6 is 0 Å². The van der Waals surface area contributed by atoms with Crippen LogP contribution in [0, 0.1) is 0 Å². The van der Waals surface area contributed by atoms with Crippen molar-refractivity contribution in [3.8, 4) is 0 Å². The lowest BCUT2D eigenvalue weighted by molar-refractivity contribution is -0.120. The number of nitrogens with one attached hydrogen (secondary N) is 1. The molecule has 1 amide bonds. The van der Waals surface area contributed by atoms with E-state index in [2.05, 4.69) is 41.1 Å². The molecule has 0 spiro atoms. The zero-order chi connectivity index (χ0) is 14.2. The van der Waals surface area contributed by atoms with Crippen LogP contribution in [-0.2, 0) is 11.2 Å². The van der Waals surface area contributed by atoms with Crippen LogP contribution in [0.25, 0.3) is 0 Å². The molecule has 1 N–H and O–H groups in total. The summed E-state index contributed by atoms with van der Waals surface area (Å²) in [5, 5.41) is 2.80. The molecule has 0 bridgehead atoms. The van der Waals surface area contributed by atoms with Gasteiger partial charge in [-0.3, -0.25) is 4.79 Å². The van der Waals surface area contributed by atoms with Gasteiger partial charge in [0.25, 0.3) is 0 Å². The number of carbonyl (C=O) groups is 1. The highest BCUT2D eigenvalue weighted by Gasteiger charge is 2.10. The summed E-state index contributed by atoms with van der Waals surface area (Å²) in [7, 11) is 0. The van der Waals surface area contributed by atoms with Gasteiger partial charge in [-0.05, 0) is 43.4 Å². The summed E-state index contributed by atoms with van der Waals surface area (Å²) < 4.78 is 0. The molecule has 0 saturated carbocycles. The minimum Gasteiger partial charge on any atom is -0.372 e. The first-order valence-electron chi connectivity index (χ1n) is 7.51. The van der Waals surface area contributed by atoms with Crippen molar-refractivity contribution < 1.29 is 4.79 Å². The molecule has 1 aromatic rings. The molecule has 1 aliphatic rings. The Labute approximate surface area is 121 Å². The molecule has 1 aromatic carbocycles.